The number of aromatic nitrogens is 2. The number of aromatic amines is 1. The normalized spacial score (nSPS) is 21.4. The van der Waals surface area contributed by atoms with Crippen molar-refractivity contribution in [2.75, 3.05) is 26.4 Å². The van der Waals surface area contributed by atoms with E-state index in [2.05, 4.69) is 15.6 Å². The summed E-state index contributed by atoms with van der Waals surface area (Å²) in [5.41, 5.74) is -1.21. The summed E-state index contributed by atoms with van der Waals surface area (Å²) < 4.78 is 22.8. The first-order valence-corrected chi connectivity index (χ1v) is 13.8. The smallest absolute Gasteiger partial charge is 0.330 e. The van der Waals surface area contributed by atoms with E-state index < -0.39 is 37.3 Å². The summed E-state index contributed by atoms with van der Waals surface area (Å²) in [5, 5.41) is 15.6. The van der Waals surface area contributed by atoms with Gasteiger partial charge in [0.15, 0.2) is 0 Å². The number of carbonyl (C=O) groups is 2. The highest BCUT2D eigenvalue weighted by molar-refractivity contribution is 7.51. The summed E-state index contributed by atoms with van der Waals surface area (Å²) in [6.45, 7) is 2.98. The van der Waals surface area contributed by atoms with Crippen molar-refractivity contribution in [1.29, 1.82) is 0 Å². The summed E-state index contributed by atoms with van der Waals surface area (Å²) in [5.74, 6) is -0.177. The summed E-state index contributed by atoms with van der Waals surface area (Å²) in [4.78, 5) is 58.6. The van der Waals surface area contributed by atoms with Gasteiger partial charge in [0.2, 0.25) is 11.8 Å². The number of amides is 2. The van der Waals surface area contributed by atoms with E-state index in [4.69, 9.17) is 9.26 Å². The molecule has 1 fully saturated rings. The predicted octanol–water partition coefficient (Wildman–Crippen LogP) is 0.233. The van der Waals surface area contributed by atoms with E-state index in [1.54, 1.807) is 6.08 Å². The molecule has 1 aromatic heterocycles. The van der Waals surface area contributed by atoms with E-state index >= 15 is 0 Å². The van der Waals surface area contributed by atoms with E-state index in [1.165, 1.54) is 19.2 Å². The van der Waals surface area contributed by atoms with Crippen LogP contribution in [-0.4, -0.2) is 69.9 Å². The number of hydrogen-bond donors (Lipinski definition) is 5. The summed E-state index contributed by atoms with van der Waals surface area (Å²) >= 11 is 0. The van der Waals surface area contributed by atoms with Crippen LogP contribution < -0.4 is 21.9 Å². The maximum absolute atomic E-state index is 12.3. The van der Waals surface area contributed by atoms with E-state index in [1.807, 2.05) is 0 Å². The second-order valence-electron chi connectivity index (χ2n) is 8.64. The number of nitrogens with zero attached hydrogens (tertiary/aromatic N) is 1. The Balaban J connectivity index is 1.82. The number of aliphatic hydroxyl groups is 1. The fraction of sp³-hybridized carbons (Fsp3) is 0.636. The van der Waals surface area contributed by atoms with Gasteiger partial charge in [-0.25, -0.2) is 4.79 Å². The van der Waals surface area contributed by atoms with Gasteiger partial charge < -0.3 is 29.9 Å². The molecule has 0 radical (unpaired) electrons. The molecule has 2 heterocycles. The molecule has 1 saturated heterocycles. The maximum atomic E-state index is 12.3. The molecule has 5 N–H and O–H groups in total. The molecule has 1 aliphatic heterocycles. The van der Waals surface area contributed by atoms with Gasteiger partial charge in [-0.3, -0.25) is 28.5 Å². The monoisotopic (exact) mass is 530 g/mol. The Kier molecular flexibility index (Phi) is 11.7. The number of ether oxygens (including phenoxy) is 1. The molecule has 2 rings (SSSR count). The number of aliphatic hydroxyl groups excluding tert-OH is 1. The first-order valence-electron chi connectivity index (χ1n) is 11.8. The molecule has 13 nitrogen and oxygen atoms in total. The molecule has 0 aromatic carbocycles. The molecule has 1 aliphatic rings. The summed E-state index contributed by atoms with van der Waals surface area (Å²) in [6, 6.07) is 0. The van der Waals surface area contributed by atoms with Gasteiger partial charge in [0.1, 0.15) is 12.3 Å². The fourth-order valence-electron chi connectivity index (χ4n) is 3.56. The van der Waals surface area contributed by atoms with Crippen LogP contribution in [0.5, 0.6) is 0 Å². The van der Waals surface area contributed by atoms with Crippen molar-refractivity contribution in [3.63, 3.8) is 0 Å². The van der Waals surface area contributed by atoms with Gasteiger partial charge in [-0.2, -0.15) is 0 Å². The summed E-state index contributed by atoms with van der Waals surface area (Å²) in [6.07, 6.45) is 5.25. The minimum atomic E-state index is -3.76. The molecule has 2 amide bonds. The highest BCUT2D eigenvalue weighted by Crippen LogP contribution is 2.38. The van der Waals surface area contributed by atoms with Crippen LogP contribution in [0.4, 0.5) is 0 Å². The molecular weight excluding hydrogens is 495 g/mol. The lowest BCUT2D eigenvalue weighted by Crippen LogP contribution is -2.33. The minimum Gasteiger partial charge on any atom is -0.390 e. The van der Waals surface area contributed by atoms with Crippen molar-refractivity contribution < 1.29 is 33.4 Å². The van der Waals surface area contributed by atoms with E-state index in [0.29, 0.717) is 13.0 Å². The zero-order valence-corrected chi connectivity index (χ0v) is 21.4. The van der Waals surface area contributed by atoms with E-state index in [-0.39, 0.29) is 37.0 Å². The molecule has 4 unspecified atom stereocenters. The van der Waals surface area contributed by atoms with Crippen molar-refractivity contribution >= 4 is 25.5 Å². The second-order valence-corrected chi connectivity index (χ2v) is 10.5. The molecule has 202 valence electrons. The Bertz CT molecular complexity index is 1080. The molecule has 0 bridgehead atoms. The largest absolute Gasteiger partial charge is 0.390 e. The quantitative estimate of drug-likeness (QED) is 0.166. The second kappa shape index (κ2) is 14.2. The predicted molar refractivity (Wildman–Crippen MR) is 131 cm³/mol. The number of hydrogen-bond acceptors (Lipinski definition) is 8. The molecule has 0 saturated carbocycles. The molecule has 0 spiro atoms. The van der Waals surface area contributed by atoms with Crippen molar-refractivity contribution in [3.8, 4) is 0 Å². The molecule has 36 heavy (non-hydrogen) atoms. The van der Waals surface area contributed by atoms with Gasteiger partial charge in [-0.05, 0) is 12.8 Å². The van der Waals surface area contributed by atoms with Crippen molar-refractivity contribution in [2.24, 2.45) is 0 Å². The number of H-pyrrole nitrogens is 1. The highest BCUT2D eigenvalue weighted by Gasteiger charge is 2.36. The lowest BCUT2D eigenvalue weighted by molar-refractivity contribution is -0.121. The maximum Gasteiger partial charge on any atom is 0.330 e. The SMILES string of the molecule is CC(=O)NCCCCCCC(=O)NC/C=C/c1cn(C2CC(O)C(COP(C)(=O)O)O2)c(=O)[nH]c1=O. The zero-order valence-electron chi connectivity index (χ0n) is 20.5. The van der Waals surface area contributed by atoms with Crippen molar-refractivity contribution in [3.05, 3.63) is 38.7 Å². The summed E-state index contributed by atoms with van der Waals surface area (Å²) in [7, 11) is -3.76. The zero-order chi connectivity index (χ0) is 26.7. The van der Waals surface area contributed by atoms with Crippen LogP contribution in [0, 0.1) is 0 Å². The van der Waals surface area contributed by atoms with E-state index in [9.17, 15) is 33.7 Å². The first-order chi connectivity index (χ1) is 17.0. The third-order valence-electron chi connectivity index (χ3n) is 5.41. The Morgan fingerprint density at radius 1 is 1.28 bits per heavy atom. The lowest BCUT2D eigenvalue weighted by Gasteiger charge is -2.17. The molecule has 4 atom stereocenters. The van der Waals surface area contributed by atoms with Crippen LogP contribution >= 0.6 is 7.60 Å². The topological polar surface area (TPSA) is 189 Å². The van der Waals surface area contributed by atoms with Gasteiger partial charge >= 0.3 is 13.3 Å². The van der Waals surface area contributed by atoms with Crippen LogP contribution in [0.25, 0.3) is 6.08 Å². The van der Waals surface area contributed by atoms with Crippen LogP contribution in [0.15, 0.2) is 21.9 Å². The molecular formula is C22H35N4O9P. The average Bonchev–Trinajstić information content (AvgIpc) is 3.15. The van der Waals surface area contributed by atoms with Gasteiger partial charge in [0.25, 0.3) is 5.56 Å². The Labute approximate surface area is 208 Å². The molecule has 14 heteroatoms. The molecule has 0 aliphatic carbocycles. The standard InChI is InChI=1S/C22H35N4O9P/c1-15(27)23-10-6-4-3-5-9-19(29)24-11-7-8-16-13-26(22(31)25-21(16)30)20-12-17(28)18(35-20)14-34-36(2,32)33/h7-8,13,17-18,20,28H,3-6,9-12,14H2,1-2H3,(H,23,27)(H,24,29)(H,32,33)(H,25,30,31)/b8-7+. The molecule has 1 aromatic rings. The third kappa shape index (κ3) is 10.6. The van der Waals surface area contributed by atoms with Crippen molar-refractivity contribution in [2.45, 2.75) is 63.9 Å². The first kappa shape index (κ1) is 29.7. The van der Waals surface area contributed by atoms with E-state index in [0.717, 1.165) is 36.9 Å². The fourth-order valence-corrected chi connectivity index (χ4v) is 3.98. The number of unbranched alkanes of at least 4 members (excludes halogenated alkanes) is 3. The Hall–Kier alpha value is -2.57. The van der Waals surface area contributed by atoms with Gasteiger partial charge in [0, 0.05) is 45.7 Å². The highest BCUT2D eigenvalue weighted by atomic mass is 31.2. The van der Waals surface area contributed by atoms with Crippen LogP contribution in [-0.2, 0) is 23.4 Å². The van der Waals surface area contributed by atoms with Gasteiger partial charge in [-0.15, -0.1) is 0 Å². The Morgan fingerprint density at radius 3 is 2.69 bits per heavy atom. The Morgan fingerprint density at radius 2 is 2.00 bits per heavy atom. The van der Waals surface area contributed by atoms with Crippen LogP contribution in [0.1, 0.15) is 57.2 Å². The number of rotatable bonds is 14. The lowest BCUT2D eigenvalue weighted by atomic mass is 10.1. The average molecular weight is 531 g/mol. The number of carbonyl (C=O) groups excluding carboxylic acids is 2. The minimum absolute atomic E-state index is 0.0197. The van der Waals surface area contributed by atoms with Crippen LogP contribution in [0.3, 0.4) is 0 Å². The number of nitrogens with one attached hydrogen (secondary N) is 3. The van der Waals surface area contributed by atoms with Crippen molar-refractivity contribution in [1.82, 2.24) is 20.2 Å². The third-order valence-corrected chi connectivity index (χ3v) is 6.04. The van der Waals surface area contributed by atoms with Gasteiger partial charge in [0.05, 0.1) is 18.3 Å². The van der Waals surface area contributed by atoms with Gasteiger partial charge in [-0.1, -0.05) is 25.0 Å². The van der Waals surface area contributed by atoms with Crippen LogP contribution in [0.2, 0.25) is 0 Å².